The van der Waals surface area contributed by atoms with Crippen LogP contribution in [0.3, 0.4) is 0 Å². The van der Waals surface area contributed by atoms with Crippen molar-refractivity contribution in [2.24, 2.45) is 0 Å². The molecule has 2 aromatic rings. The second-order valence-electron chi connectivity index (χ2n) is 5.50. The van der Waals surface area contributed by atoms with Gasteiger partial charge >= 0.3 is 6.09 Å². The second kappa shape index (κ2) is 6.95. The molecule has 1 fully saturated rings. The molecule has 2 amide bonds. The number of para-hydroxylation sites is 2. The number of carbonyl (C=O) groups excluding carboxylic acids is 3. The molecule has 2 aromatic carbocycles. The van der Waals surface area contributed by atoms with Gasteiger partial charge in [-0.15, -0.1) is 0 Å². The van der Waals surface area contributed by atoms with Crippen molar-refractivity contribution in [3.63, 3.8) is 0 Å². The fourth-order valence-corrected chi connectivity index (χ4v) is 2.09. The number of ether oxygens (including phenoxy) is 1. The maximum absolute atomic E-state index is 12.3. The first kappa shape index (κ1) is 15.7. The zero-order chi connectivity index (χ0) is 16.9. The highest BCUT2D eigenvalue weighted by molar-refractivity contribution is 6.05. The van der Waals surface area contributed by atoms with Gasteiger partial charge in [0.2, 0.25) is 0 Å². The van der Waals surface area contributed by atoms with Gasteiger partial charge in [0.05, 0.1) is 5.69 Å². The number of hydrogen-bond acceptors (Lipinski definition) is 4. The zero-order valence-corrected chi connectivity index (χ0v) is 12.8. The Morgan fingerprint density at radius 2 is 1.75 bits per heavy atom. The van der Waals surface area contributed by atoms with Crippen LogP contribution in [0.2, 0.25) is 0 Å². The Kier molecular flexibility index (Phi) is 4.56. The highest BCUT2D eigenvalue weighted by atomic mass is 16.6. The van der Waals surface area contributed by atoms with Crippen LogP contribution in [0.15, 0.2) is 48.5 Å². The van der Waals surface area contributed by atoms with Crippen molar-refractivity contribution in [3.8, 4) is 5.75 Å². The van der Waals surface area contributed by atoms with Crippen molar-refractivity contribution in [2.75, 3.05) is 5.32 Å². The quantitative estimate of drug-likeness (QED) is 0.828. The molecule has 6 nitrogen and oxygen atoms in total. The van der Waals surface area contributed by atoms with E-state index in [0.29, 0.717) is 23.1 Å². The molecule has 0 bridgehead atoms. The van der Waals surface area contributed by atoms with Crippen molar-refractivity contribution in [1.82, 2.24) is 5.32 Å². The van der Waals surface area contributed by atoms with E-state index in [1.807, 2.05) is 0 Å². The molecular formula is C18H16N2O4. The van der Waals surface area contributed by atoms with Gasteiger partial charge in [0, 0.05) is 17.2 Å². The van der Waals surface area contributed by atoms with Crippen LogP contribution in [-0.4, -0.2) is 24.3 Å². The van der Waals surface area contributed by atoms with Gasteiger partial charge in [-0.1, -0.05) is 24.3 Å². The van der Waals surface area contributed by atoms with E-state index < -0.39 is 6.09 Å². The average molecular weight is 324 g/mol. The molecule has 0 spiro atoms. The molecule has 1 aliphatic carbocycles. The predicted octanol–water partition coefficient (Wildman–Crippen LogP) is 3.00. The Morgan fingerprint density at radius 3 is 2.42 bits per heavy atom. The molecule has 0 unspecified atom stereocenters. The van der Waals surface area contributed by atoms with Gasteiger partial charge in [-0.25, -0.2) is 4.79 Å². The van der Waals surface area contributed by atoms with Gasteiger partial charge in [0.1, 0.15) is 6.29 Å². The lowest BCUT2D eigenvalue weighted by Crippen LogP contribution is -2.29. The predicted molar refractivity (Wildman–Crippen MR) is 88.4 cm³/mol. The topological polar surface area (TPSA) is 84.5 Å². The van der Waals surface area contributed by atoms with Crippen LogP contribution in [0.1, 0.15) is 33.6 Å². The lowest BCUT2D eigenvalue weighted by Gasteiger charge is -2.11. The minimum Gasteiger partial charge on any atom is -0.408 e. The summed E-state index contributed by atoms with van der Waals surface area (Å²) in [6.45, 7) is 0. The fourth-order valence-electron chi connectivity index (χ4n) is 2.09. The van der Waals surface area contributed by atoms with Crippen LogP contribution in [-0.2, 0) is 0 Å². The number of nitrogens with one attached hydrogen (secondary N) is 2. The maximum Gasteiger partial charge on any atom is 0.412 e. The van der Waals surface area contributed by atoms with Crippen LogP contribution >= 0.6 is 0 Å². The first-order chi connectivity index (χ1) is 11.7. The highest BCUT2D eigenvalue weighted by Gasteiger charge is 2.24. The third kappa shape index (κ3) is 3.98. The van der Waals surface area contributed by atoms with E-state index in [2.05, 4.69) is 10.6 Å². The number of amides is 2. The van der Waals surface area contributed by atoms with Gasteiger partial charge < -0.3 is 15.4 Å². The number of benzene rings is 2. The molecule has 0 aliphatic heterocycles. The van der Waals surface area contributed by atoms with E-state index >= 15 is 0 Å². The number of aldehydes is 1. The van der Waals surface area contributed by atoms with Crippen LogP contribution in [0.5, 0.6) is 5.75 Å². The first-order valence-electron chi connectivity index (χ1n) is 7.59. The molecule has 6 heteroatoms. The van der Waals surface area contributed by atoms with E-state index in [0.717, 1.165) is 12.8 Å². The molecule has 1 saturated carbocycles. The van der Waals surface area contributed by atoms with Crippen molar-refractivity contribution in [3.05, 3.63) is 59.7 Å². The lowest BCUT2D eigenvalue weighted by atomic mass is 10.1. The second-order valence-corrected chi connectivity index (χ2v) is 5.50. The highest BCUT2D eigenvalue weighted by Crippen LogP contribution is 2.25. The minimum atomic E-state index is -0.533. The summed E-state index contributed by atoms with van der Waals surface area (Å²) in [4.78, 5) is 34.7. The number of rotatable bonds is 5. The third-order valence-electron chi connectivity index (χ3n) is 3.55. The summed E-state index contributed by atoms with van der Waals surface area (Å²) in [5.41, 5.74) is 1.29. The molecule has 0 saturated heterocycles. The van der Waals surface area contributed by atoms with Crippen LogP contribution < -0.4 is 15.4 Å². The Balaban J connectivity index is 1.70. The molecule has 122 valence electrons. The van der Waals surface area contributed by atoms with Gasteiger partial charge in [0.25, 0.3) is 5.91 Å². The molecule has 24 heavy (non-hydrogen) atoms. The molecule has 1 aliphatic rings. The third-order valence-corrected chi connectivity index (χ3v) is 3.55. The van der Waals surface area contributed by atoms with Crippen molar-refractivity contribution in [1.29, 1.82) is 0 Å². The maximum atomic E-state index is 12.3. The standard InChI is InChI=1S/C18H16N2O4/c21-11-12-5-7-13(8-6-12)17(22)20-15-3-1-2-4-16(15)24-18(23)19-14-9-10-14/h1-8,11,14H,9-10H2,(H,19,23)(H,20,22). The Morgan fingerprint density at radius 1 is 1.04 bits per heavy atom. The summed E-state index contributed by atoms with van der Waals surface area (Å²) in [5.74, 6) is -0.0837. The fraction of sp³-hybridized carbons (Fsp3) is 0.167. The van der Waals surface area contributed by atoms with Crippen molar-refractivity contribution in [2.45, 2.75) is 18.9 Å². The normalized spacial score (nSPS) is 13.0. The zero-order valence-electron chi connectivity index (χ0n) is 12.8. The summed E-state index contributed by atoms with van der Waals surface area (Å²) in [6, 6.07) is 13.1. The molecule has 0 aromatic heterocycles. The molecule has 2 N–H and O–H groups in total. The molecule has 0 radical (unpaired) electrons. The summed E-state index contributed by atoms with van der Waals surface area (Å²) in [6.07, 6.45) is 2.10. The Labute approximate surface area is 138 Å². The van der Waals surface area contributed by atoms with E-state index in [1.165, 1.54) is 0 Å². The summed E-state index contributed by atoms with van der Waals surface area (Å²) in [7, 11) is 0. The number of anilines is 1. The van der Waals surface area contributed by atoms with E-state index in [4.69, 9.17) is 4.74 Å². The molecule has 0 atom stereocenters. The molecule has 0 heterocycles. The lowest BCUT2D eigenvalue weighted by molar-refractivity contribution is 0.102. The SMILES string of the molecule is O=Cc1ccc(C(=O)Nc2ccccc2OC(=O)NC2CC2)cc1. The summed E-state index contributed by atoms with van der Waals surface area (Å²) in [5, 5.41) is 5.43. The largest absolute Gasteiger partial charge is 0.412 e. The molecule has 3 rings (SSSR count). The average Bonchev–Trinajstić information content (AvgIpc) is 3.40. The van der Waals surface area contributed by atoms with E-state index in [9.17, 15) is 14.4 Å². The van der Waals surface area contributed by atoms with E-state index in [-0.39, 0.29) is 17.7 Å². The van der Waals surface area contributed by atoms with E-state index in [1.54, 1.807) is 48.5 Å². The van der Waals surface area contributed by atoms with Crippen LogP contribution in [0.4, 0.5) is 10.5 Å². The number of hydrogen-bond donors (Lipinski definition) is 2. The summed E-state index contributed by atoms with van der Waals surface area (Å²) >= 11 is 0. The van der Waals surface area contributed by atoms with Crippen molar-refractivity contribution >= 4 is 24.0 Å². The minimum absolute atomic E-state index is 0.190. The number of carbonyl (C=O) groups is 3. The Hall–Kier alpha value is -3.15. The van der Waals surface area contributed by atoms with Crippen LogP contribution in [0.25, 0.3) is 0 Å². The van der Waals surface area contributed by atoms with Gasteiger partial charge in [-0.2, -0.15) is 0 Å². The first-order valence-corrected chi connectivity index (χ1v) is 7.59. The van der Waals surface area contributed by atoms with Gasteiger partial charge in [-0.05, 0) is 37.1 Å². The van der Waals surface area contributed by atoms with Gasteiger partial charge in [0.15, 0.2) is 5.75 Å². The smallest absolute Gasteiger partial charge is 0.408 e. The van der Waals surface area contributed by atoms with Crippen molar-refractivity contribution < 1.29 is 19.1 Å². The Bertz CT molecular complexity index is 767. The van der Waals surface area contributed by atoms with Crippen LogP contribution in [0, 0.1) is 0 Å². The monoisotopic (exact) mass is 324 g/mol. The molecular weight excluding hydrogens is 308 g/mol. The summed E-state index contributed by atoms with van der Waals surface area (Å²) < 4.78 is 5.26. The van der Waals surface area contributed by atoms with Gasteiger partial charge in [-0.3, -0.25) is 9.59 Å².